The van der Waals surface area contributed by atoms with Gasteiger partial charge in [0.05, 0.1) is 17.8 Å². The highest BCUT2D eigenvalue weighted by molar-refractivity contribution is 6.16. The van der Waals surface area contributed by atoms with Crippen molar-refractivity contribution in [1.29, 1.82) is 0 Å². The first kappa shape index (κ1) is 10.0. The fourth-order valence-corrected chi connectivity index (χ4v) is 1.43. The molecule has 0 N–H and O–H groups in total. The van der Waals surface area contributed by atoms with Gasteiger partial charge < -0.3 is 0 Å². The molecule has 0 saturated carbocycles. The fourth-order valence-electron chi connectivity index (χ4n) is 1.30. The lowest BCUT2D eigenvalue weighted by Gasteiger charge is -2.02. The molecule has 0 radical (unpaired) electrons. The zero-order valence-electron chi connectivity index (χ0n) is 8.48. The SMILES string of the molecule is Cc1nc(C)n(-c2cncc(CCl)n2)n1. The summed E-state index contributed by atoms with van der Waals surface area (Å²) in [6.07, 6.45) is 3.27. The molecule has 15 heavy (non-hydrogen) atoms. The lowest BCUT2D eigenvalue weighted by Crippen LogP contribution is -2.04. The van der Waals surface area contributed by atoms with E-state index < -0.39 is 0 Å². The number of alkyl halides is 1. The maximum Gasteiger partial charge on any atom is 0.174 e. The third-order valence-electron chi connectivity index (χ3n) is 1.90. The minimum atomic E-state index is 0.341. The van der Waals surface area contributed by atoms with E-state index in [-0.39, 0.29) is 0 Å². The van der Waals surface area contributed by atoms with Gasteiger partial charge in [0.2, 0.25) is 0 Å². The maximum atomic E-state index is 5.68. The Kier molecular flexibility index (Phi) is 2.64. The molecule has 2 aromatic heterocycles. The Morgan fingerprint density at radius 1 is 1.27 bits per heavy atom. The largest absolute Gasteiger partial charge is 0.259 e. The molecule has 2 rings (SSSR count). The van der Waals surface area contributed by atoms with Gasteiger partial charge in [0.15, 0.2) is 5.82 Å². The number of halogens is 1. The summed E-state index contributed by atoms with van der Waals surface area (Å²) in [5, 5.41) is 4.22. The Morgan fingerprint density at radius 2 is 2.07 bits per heavy atom. The Balaban J connectivity index is 2.49. The minimum absolute atomic E-state index is 0.341. The van der Waals surface area contributed by atoms with E-state index in [4.69, 9.17) is 11.6 Å². The first-order valence-electron chi connectivity index (χ1n) is 4.48. The Bertz CT molecular complexity index is 479. The normalized spacial score (nSPS) is 10.6. The van der Waals surface area contributed by atoms with Crippen LogP contribution < -0.4 is 0 Å². The van der Waals surface area contributed by atoms with Crippen LogP contribution in [0.1, 0.15) is 17.3 Å². The van der Waals surface area contributed by atoms with Gasteiger partial charge in [-0.2, -0.15) is 4.68 Å². The first-order valence-corrected chi connectivity index (χ1v) is 5.01. The highest BCUT2D eigenvalue weighted by Crippen LogP contribution is 2.07. The second kappa shape index (κ2) is 3.94. The zero-order chi connectivity index (χ0) is 10.8. The van der Waals surface area contributed by atoms with Crippen LogP contribution in [-0.4, -0.2) is 24.7 Å². The summed E-state index contributed by atoms with van der Waals surface area (Å²) in [4.78, 5) is 12.5. The van der Waals surface area contributed by atoms with Crippen molar-refractivity contribution in [2.24, 2.45) is 0 Å². The van der Waals surface area contributed by atoms with E-state index in [9.17, 15) is 0 Å². The first-order chi connectivity index (χ1) is 7.20. The molecule has 2 heterocycles. The van der Waals surface area contributed by atoms with Crippen molar-refractivity contribution in [2.75, 3.05) is 0 Å². The van der Waals surface area contributed by atoms with Crippen LogP contribution in [0.5, 0.6) is 0 Å². The second-order valence-electron chi connectivity index (χ2n) is 3.12. The molecule has 5 nitrogen and oxygen atoms in total. The number of aromatic nitrogens is 5. The predicted molar refractivity (Wildman–Crippen MR) is 56.0 cm³/mol. The predicted octanol–water partition coefficient (Wildman–Crippen LogP) is 1.41. The molecule has 0 unspecified atom stereocenters. The van der Waals surface area contributed by atoms with E-state index >= 15 is 0 Å². The van der Waals surface area contributed by atoms with Gasteiger partial charge in [0.25, 0.3) is 0 Å². The Hall–Kier alpha value is -1.49. The number of hydrogen-bond donors (Lipinski definition) is 0. The summed E-state index contributed by atoms with van der Waals surface area (Å²) in [6.45, 7) is 3.71. The lowest BCUT2D eigenvalue weighted by molar-refractivity contribution is 0.790. The van der Waals surface area contributed by atoms with E-state index in [0.29, 0.717) is 17.5 Å². The molecule has 0 aliphatic carbocycles. The lowest BCUT2D eigenvalue weighted by atomic mass is 10.5. The number of aryl methyl sites for hydroxylation is 2. The van der Waals surface area contributed by atoms with Crippen LogP contribution in [0.4, 0.5) is 0 Å². The quantitative estimate of drug-likeness (QED) is 0.723. The van der Waals surface area contributed by atoms with Gasteiger partial charge in [0.1, 0.15) is 11.6 Å². The highest BCUT2D eigenvalue weighted by atomic mass is 35.5. The standard InChI is InChI=1S/C9H10ClN5/c1-6-12-7(2)15(14-6)9-5-11-4-8(3-10)13-9/h4-5H,3H2,1-2H3. The van der Waals surface area contributed by atoms with Crippen LogP contribution in [-0.2, 0) is 5.88 Å². The maximum absolute atomic E-state index is 5.68. The smallest absolute Gasteiger partial charge is 0.174 e. The average molecular weight is 224 g/mol. The molecule has 0 aromatic carbocycles. The number of rotatable bonds is 2. The number of nitrogens with zero attached hydrogens (tertiary/aromatic N) is 5. The van der Waals surface area contributed by atoms with E-state index in [1.165, 1.54) is 0 Å². The van der Waals surface area contributed by atoms with Gasteiger partial charge >= 0.3 is 0 Å². The van der Waals surface area contributed by atoms with E-state index in [2.05, 4.69) is 20.1 Å². The Morgan fingerprint density at radius 3 is 2.67 bits per heavy atom. The van der Waals surface area contributed by atoms with Crippen molar-refractivity contribution in [1.82, 2.24) is 24.7 Å². The van der Waals surface area contributed by atoms with Crippen LogP contribution in [0.3, 0.4) is 0 Å². The molecule has 0 saturated heterocycles. The minimum Gasteiger partial charge on any atom is -0.259 e. The monoisotopic (exact) mass is 223 g/mol. The summed E-state index contributed by atoms with van der Waals surface area (Å²) < 4.78 is 1.65. The topological polar surface area (TPSA) is 56.5 Å². The van der Waals surface area contributed by atoms with Gasteiger partial charge in [-0.15, -0.1) is 16.7 Å². The summed E-state index contributed by atoms with van der Waals surface area (Å²) in [5.74, 6) is 2.48. The summed E-state index contributed by atoms with van der Waals surface area (Å²) in [7, 11) is 0. The molecule has 0 atom stereocenters. The fraction of sp³-hybridized carbons (Fsp3) is 0.333. The molecule has 0 aliphatic rings. The van der Waals surface area contributed by atoms with Crippen molar-refractivity contribution >= 4 is 11.6 Å². The molecule has 78 valence electrons. The molecule has 2 aromatic rings. The van der Waals surface area contributed by atoms with E-state index in [1.54, 1.807) is 17.1 Å². The van der Waals surface area contributed by atoms with Crippen molar-refractivity contribution in [2.45, 2.75) is 19.7 Å². The summed E-state index contributed by atoms with van der Waals surface area (Å²) in [5.41, 5.74) is 0.724. The second-order valence-corrected chi connectivity index (χ2v) is 3.39. The van der Waals surface area contributed by atoms with Crippen LogP contribution in [0.2, 0.25) is 0 Å². The summed E-state index contributed by atoms with van der Waals surface area (Å²) in [6, 6.07) is 0. The molecule has 6 heteroatoms. The molecule has 0 aliphatic heterocycles. The van der Waals surface area contributed by atoms with Crippen LogP contribution in [0, 0.1) is 13.8 Å². The molecular formula is C9H10ClN5. The number of hydrogen-bond acceptors (Lipinski definition) is 4. The molecule has 0 fully saturated rings. The van der Waals surface area contributed by atoms with Gasteiger partial charge in [-0.05, 0) is 13.8 Å². The molecule has 0 bridgehead atoms. The van der Waals surface area contributed by atoms with Crippen molar-refractivity contribution in [3.8, 4) is 5.82 Å². The van der Waals surface area contributed by atoms with Crippen molar-refractivity contribution < 1.29 is 0 Å². The highest BCUT2D eigenvalue weighted by Gasteiger charge is 2.06. The average Bonchev–Trinajstić information content (AvgIpc) is 2.58. The van der Waals surface area contributed by atoms with Crippen molar-refractivity contribution in [3.05, 3.63) is 29.7 Å². The van der Waals surface area contributed by atoms with E-state index in [0.717, 1.165) is 11.5 Å². The Labute approximate surface area is 92.2 Å². The van der Waals surface area contributed by atoms with Crippen LogP contribution in [0.25, 0.3) is 5.82 Å². The van der Waals surface area contributed by atoms with Gasteiger partial charge in [-0.25, -0.2) is 9.97 Å². The zero-order valence-corrected chi connectivity index (χ0v) is 9.23. The van der Waals surface area contributed by atoms with Crippen molar-refractivity contribution in [3.63, 3.8) is 0 Å². The molecule has 0 amide bonds. The van der Waals surface area contributed by atoms with Crippen LogP contribution >= 0.6 is 11.6 Å². The van der Waals surface area contributed by atoms with Crippen LogP contribution in [0.15, 0.2) is 12.4 Å². The molecule has 0 spiro atoms. The van der Waals surface area contributed by atoms with Gasteiger partial charge in [0, 0.05) is 6.20 Å². The molecular weight excluding hydrogens is 214 g/mol. The third kappa shape index (κ3) is 1.97. The van der Waals surface area contributed by atoms with Gasteiger partial charge in [-0.3, -0.25) is 4.98 Å². The van der Waals surface area contributed by atoms with E-state index in [1.807, 2.05) is 13.8 Å². The third-order valence-corrected chi connectivity index (χ3v) is 2.17. The van der Waals surface area contributed by atoms with Gasteiger partial charge in [-0.1, -0.05) is 0 Å². The summed E-state index contributed by atoms with van der Waals surface area (Å²) >= 11 is 5.68.